The fourth-order valence-electron chi connectivity index (χ4n) is 1.54. The van der Waals surface area contributed by atoms with E-state index in [1.54, 1.807) is 7.74 Å². The van der Waals surface area contributed by atoms with Crippen LogP contribution in [0.15, 0.2) is 60.7 Å². The first-order valence-electron chi connectivity index (χ1n) is 4.82. The number of rotatable bonds is 2. The Morgan fingerprint density at radius 1 is 0.625 bits per heavy atom. The van der Waals surface area contributed by atoms with Gasteiger partial charge in [0.15, 0.2) is 0 Å². The molecule has 0 aliphatic rings. The van der Waals surface area contributed by atoms with Crippen molar-refractivity contribution in [2.75, 3.05) is 0 Å². The molecule has 2 rings (SSSR count). The maximum Gasteiger partial charge on any atom is -1.00 e. The van der Waals surface area contributed by atoms with Gasteiger partial charge in [0.1, 0.15) is 0 Å². The second-order valence-corrected chi connectivity index (χ2v) is 7.11. The second-order valence-electron chi connectivity index (χ2n) is 3.36. The molecule has 2 aromatic rings. The number of hydrogen-bond acceptors (Lipinski definition) is 0. The molecule has 0 aliphatic heterocycles. The van der Waals surface area contributed by atoms with E-state index in [4.69, 9.17) is 0 Å². The van der Waals surface area contributed by atoms with Crippen LogP contribution in [0, 0.1) is 0 Å². The smallest absolute Gasteiger partial charge is 1.00 e. The van der Waals surface area contributed by atoms with Crippen molar-refractivity contribution < 1.29 is 42.7 Å². The summed E-state index contributed by atoms with van der Waals surface area (Å²) in [5.41, 5.74) is 0. The first-order valence-corrected chi connectivity index (χ1v) is 7.94. The Hall–Kier alpha value is -0.266. The quantitative estimate of drug-likeness (QED) is 0.499. The zero-order valence-corrected chi connectivity index (χ0v) is 12.1. The van der Waals surface area contributed by atoms with Gasteiger partial charge in [-0.15, -0.1) is 0 Å². The van der Waals surface area contributed by atoms with Gasteiger partial charge in [-0.1, -0.05) is 0 Å². The zero-order chi connectivity index (χ0) is 9.80. The SMILES string of the molecule is [CH3][Ti+2]([c]1ccccc1)[c]1ccccc1.[Cl-].[Cl-]. The molecule has 0 unspecified atom stereocenters. The molecule has 3 heteroatoms. The fraction of sp³-hybridized carbons (Fsp3) is 0.0769. The van der Waals surface area contributed by atoms with Gasteiger partial charge in [-0.25, -0.2) is 0 Å². The Morgan fingerprint density at radius 3 is 1.25 bits per heavy atom. The summed E-state index contributed by atoms with van der Waals surface area (Å²) in [6.07, 6.45) is 0. The van der Waals surface area contributed by atoms with Crippen LogP contribution >= 0.6 is 0 Å². The first kappa shape index (κ1) is 15.7. The Morgan fingerprint density at radius 2 is 0.938 bits per heavy atom. The van der Waals surface area contributed by atoms with Crippen molar-refractivity contribution in [3.05, 3.63) is 60.7 Å². The molecule has 0 atom stereocenters. The first-order chi connectivity index (χ1) is 6.88. The van der Waals surface area contributed by atoms with E-state index in [0.717, 1.165) is 0 Å². The van der Waals surface area contributed by atoms with Crippen molar-refractivity contribution in [2.45, 2.75) is 5.23 Å². The van der Waals surface area contributed by atoms with E-state index in [1.807, 2.05) is 0 Å². The molecule has 0 radical (unpaired) electrons. The van der Waals surface area contributed by atoms with Gasteiger partial charge in [0.2, 0.25) is 0 Å². The molecule has 0 bridgehead atoms. The van der Waals surface area contributed by atoms with Crippen LogP contribution < -0.4 is 32.6 Å². The van der Waals surface area contributed by atoms with Gasteiger partial charge < -0.3 is 24.8 Å². The van der Waals surface area contributed by atoms with Gasteiger partial charge in [0.05, 0.1) is 0 Å². The van der Waals surface area contributed by atoms with Crippen molar-refractivity contribution >= 4 is 7.74 Å². The molecule has 0 aliphatic carbocycles. The Bertz CT molecular complexity index is 350. The molecule has 16 heavy (non-hydrogen) atoms. The minimum atomic E-state index is -1.20. The summed E-state index contributed by atoms with van der Waals surface area (Å²) in [6, 6.07) is 21.7. The van der Waals surface area contributed by atoms with Gasteiger partial charge in [-0.3, -0.25) is 0 Å². The maximum atomic E-state index is 2.41. The van der Waals surface area contributed by atoms with E-state index in [-0.39, 0.29) is 24.8 Å². The molecule has 0 nitrogen and oxygen atoms in total. The standard InChI is InChI=1S/2C6H5.CH3.2ClH.Ti/c2*1-2-4-6-5-3-1;;;;/h2*1-5H;1H3;2*1H;/q;;;;;+2/p-2. The molecular formula is C13H13Cl2Ti. The molecule has 0 N–H and O–H groups in total. The van der Waals surface area contributed by atoms with Crippen molar-refractivity contribution in [1.82, 2.24) is 0 Å². The van der Waals surface area contributed by atoms with Crippen molar-refractivity contribution in [1.29, 1.82) is 0 Å². The third-order valence-corrected chi connectivity index (χ3v) is 6.16. The molecule has 0 amide bonds. The predicted molar refractivity (Wildman–Crippen MR) is 58.0 cm³/mol. The summed E-state index contributed by atoms with van der Waals surface area (Å²) >= 11 is -1.20. The van der Waals surface area contributed by atoms with E-state index >= 15 is 0 Å². The molecule has 0 aromatic heterocycles. The molecule has 2 aromatic carbocycles. The van der Waals surface area contributed by atoms with E-state index in [2.05, 4.69) is 65.9 Å². The fourth-order valence-corrected chi connectivity index (χ4v) is 4.23. The molecule has 0 spiro atoms. The monoisotopic (exact) mass is 287 g/mol. The number of benzene rings is 2. The minimum absolute atomic E-state index is 0. The maximum absolute atomic E-state index is 2.41. The van der Waals surface area contributed by atoms with Gasteiger partial charge in [0, 0.05) is 0 Å². The minimum Gasteiger partial charge on any atom is -1.00 e. The summed E-state index contributed by atoms with van der Waals surface area (Å²) in [5.74, 6) is 0. The average Bonchev–Trinajstić information content (AvgIpc) is 2.30. The van der Waals surface area contributed by atoms with Gasteiger partial charge in [-0.05, 0) is 0 Å². The van der Waals surface area contributed by atoms with Gasteiger partial charge >= 0.3 is 91.5 Å². The largest absolute Gasteiger partial charge is 1.00 e. The molecule has 0 fully saturated rings. The zero-order valence-electron chi connectivity index (χ0n) is 9.03. The van der Waals surface area contributed by atoms with Crippen molar-refractivity contribution in [3.8, 4) is 0 Å². The Balaban J connectivity index is 0.00000112. The van der Waals surface area contributed by atoms with Crippen molar-refractivity contribution in [2.24, 2.45) is 0 Å². The van der Waals surface area contributed by atoms with E-state index < -0.39 is 17.9 Å². The molecule has 0 saturated heterocycles. The third kappa shape index (κ3) is 3.95. The number of hydrogen-bond donors (Lipinski definition) is 0. The van der Waals surface area contributed by atoms with Crippen LogP contribution in [0.2, 0.25) is 5.23 Å². The van der Waals surface area contributed by atoms with Crippen LogP contribution in [0.4, 0.5) is 0 Å². The van der Waals surface area contributed by atoms with Gasteiger partial charge in [0.25, 0.3) is 0 Å². The van der Waals surface area contributed by atoms with Crippen LogP contribution in [0.1, 0.15) is 0 Å². The van der Waals surface area contributed by atoms with E-state index in [0.29, 0.717) is 0 Å². The van der Waals surface area contributed by atoms with Crippen molar-refractivity contribution in [3.63, 3.8) is 0 Å². The average molecular weight is 288 g/mol. The summed E-state index contributed by atoms with van der Waals surface area (Å²) in [6.45, 7) is 0. The molecule has 83 valence electrons. The molecular weight excluding hydrogens is 275 g/mol. The Labute approximate surface area is 116 Å². The Kier molecular flexibility index (Phi) is 7.79. The van der Waals surface area contributed by atoms with Gasteiger partial charge in [-0.2, -0.15) is 0 Å². The van der Waals surface area contributed by atoms with Crippen LogP contribution in [0.5, 0.6) is 0 Å². The summed E-state index contributed by atoms with van der Waals surface area (Å²) in [7, 11) is 0. The van der Waals surface area contributed by atoms with E-state index in [9.17, 15) is 0 Å². The van der Waals surface area contributed by atoms with Crippen LogP contribution in [-0.2, 0) is 17.9 Å². The normalized spacial score (nSPS) is 8.56. The molecule has 0 saturated carbocycles. The second kappa shape index (κ2) is 7.92. The summed E-state index contributed by atoms with van der Waals surface area (Å²) in [5, 5.41) is 2.41. The predicted octanol–water partition coefficient (Wildman–Crippen LogP) is -3.69. The topological polar surface area (TPSA) is 0 Å². The summed E-state index contributed by atoms with van der Waals surface area (Å²) in [4.78, 5) is 0. The van der Waals surface area contributed by atoms with Crippen LogP contribution in [0.25, 0.3) is 0 Å². The number of halogens is 2. The van der Waals surface area contributed by atoms with E-state index in [1.165, 1.54) is 0 Å². The molecule has 0 heterocycles. The summed E-state index contributed by atoms with van der Waals surface area (Å²) < 4.78 is 3.08. The third-order valence-electron chi connectivity index (χ3n) is 2.41. The van der Waals surface area contributed by atoms with Crippen LogP contribution in [-0.4, -0.2) is 0 Å². The van der Waals surface area contributed by atoms with Crippen LogP contribution in [0.3, 0.4) is 0 Å².